The van der Waals surface area contributed by atoms with Gasteiger partial charge in [0.15, 0.2) is 0 Å². The molecule has 0 unspecified atom stereocenters. The fourth-order valence-electron chi connectivity index (χ4n) is 3.53. The minimum absolute atomic E-state index is 0.0409. The number of amides is 2. The number of rotatable bonds is 6. The lowest BCUT2D eigenvalue weighted by atomic mass is 9.89. The monoisotopic (exact) mass is 457 g/mol. The number of nitrogens with zero attached hydrogens (tertiary/aromatic N) is 1. The van der Waals surface area contributed by atoms with Gasteiger partial charge < -0.3 is 20.1 Å². The Balaban J connectivity index is 1.43. The smallest absolute Gasteiger partial charge is 0.418 e. The van der Waals surface area contributed by atoms with Crippen molar-refractivity contribution in [1.29, 1.82) is 0 Å². The molecule has 0 saturated heterocycles. The van der Waals surface area contributed by atoms with Gasteiger partial charge in [0.25, 0.3) is 5.91 Å². The van der Waals surface area contributed by atoms with Crippen LogP contribution in [0.4, 0.5) is 18.0 Å². The first kappa shape index (κ1) is 21.7. The van der Waals surface area contributed by atoms with Crippen molar-refractivity contribution < 1.29 is 32.2 Å². The summed E-state index contributed by atoms with van der Waals surface area (Å²) >= 11 is 0.817. The van der Waals surface area contributed by atoms with Crippen LogP contribution in [0.2, 0.25) is 0 Å². The van der Waals surface area contributed by atoms with Crippen molar-refractivity contribution in [3.8, 4) is 5.88 Å². The maximum Gasteiger partial charge on any atom is 0.418 e. The number of aromatic nitrogens is 1. The van der Waals surface area contributed by atoms with Gasteiger partial charge >= 0.3 is 12.3 Å². The molecule has 4 rings (SSSR count). The zero-order chi connectivity index (χ0) is 22.3. The molecule has 0 spiro atoms. The van der Waals surface area contributed by atoms with Crippen LogP contribution in [-0.4, -0.2) is 42.3 Å². The lowest BCUT2D eigenvalue weighted by Crippen LogP contribution is -2.49. The summed E-state index contributed by atoms with van der Waals surface area (Å²) in [7, 11) is 1.40. The molecule has 0 aliphatic heterocycles. The normalized spacial score (nSPS) is 21.8. The molecule has 2 heterocycles. The number of pyridine rings is 1. The SMILES string of the molecule is CNC(=O)c1csc2c(C(F)(F)F)cc(OC3CC(NC(=O)O[C@H](C)C4CC4)C3)nc12. The van der Waals surface area contributed by atoms with E-state index in [9.17, 15) is 22.8 Å². The van der Waals surface area contributed by atoms with Gasteiger partial charge in [-0.1, -0.05) is 0 Å². The number of ether oxygens (including phenoxy) is 2. The fourth-order valence-corrected chi connectivity index (χ4v) is 4.56. The molecule has 168 valence electrons. The molecule has 11 heteroatoms. The lowest BCUT2D eigenvalue weighted by molar-refractivity contribution is -0.136. The highest BCUT2D eigenvalue weighted by Gasteiger charge is 2.38. The predicted octanol–water partition coefficient (Wildman–Crippen LogP) is 4.11. The summed E-state index contributed by atoms with van der Waals surface area (Å²) in [5.41, 5.74) is -0.862. The lowest BCUT2D eigenvalue weighted by Gasteiger charge is -2.35. The molecule has 0 bridgehead atoms. The first-order valence-corrected chi connectivity index (χ1v) is 10.9. The number of hydrogen-bond donors (Lipinski definition) is 2. The molecule has 1 atom stereocenters. The minimum atomic E-state index is -4.62. The van der Waals surface area contributed by atoms with E-state index in [-0.39, 0.29) is 39.9 Å². The molecule has 2 saturated carbocycles. The highest BCUT2D eigenvalue weighted by atomic mass is 32.1. The number of hydrogen-bond acceptors (Lipinski definition) is 6. The molecule has 2 fully saturated rings. The van der Waals surface area contributed by atoms with Crippen LogP contribution in [0, 0.1) is 5.92 Å². The van der Waals surface area contributed by atoms with E-state index in [1.165, 1.54) is 12.4 Å². The van der Waals surface area contributed by atoms with Gasteiger partial charge in [-0.2, -0.15) is 13.2 Å². The van der Waals surface area contributed by atoms with Crippen molar-refractivity contribution in [3.63, 3.8) is 0 Å². The molecule has 0 radical (unpaired) electrons. The second kappa shape index (κ2) is 8.18. The Morgan fingerprint density at radius 1 is 1.29 bits per heavy atom. The summed E-state index contributed by atoms with van der Waals surface area (Å²) in [5, 5.41) is 6.50. The van der Waals surface area contributed by atoms with Gasteiger partial charge in [0.2, 0.25) is 5.88 Å². The van der Waals surface area contributed by atoms with Gasteiger partial charge in [0.05, 0.1) is 21.3 Å². The Labute approximate surface area is 180 Å². The third kappa shape index (κ3) is 4.70. The molecule has 2 aliphatic rings. The molecule has 2 aliphatic carbocycles. The molecule has 31 heavy (non-hydrogen) atoms. The molecule has 2 amide bonds. The van der Waals surface area contributed by atoms with Gasteiger partial charge in [-0.15, -0.1) is 11.3 Å². The van der Waals surface area contributed by atoms with Crippen molar-refractivity contribution in [1.82, 2.24) is 15.6 Å². The van der Waals surface area contributed by atoms with Crippen LogP contribution in [0.1, 0.15) is 48.5 Å². The Hall–Kier alpha value is -2.56. The first-order chi connectivity index (χ1) is 14.7. The molecular weight excluding hydrogens is 435 g/mol. The quantitative estimate of drug-likeness (QED) is 0.682. The van der Waals surface area contributed by atoms with E-state index in [0.29, 0.717) is 18.8 Å². The van der Waals surface area contributed by atoms with Gasteiger partial charge in [0, 0.05) is 37.4 Å². The topological polar surface area (TPSA) is 89.6 Å². The summed E-state index contributed by atoms with van der Waals surface area (Å²) in [5.74, 6) is -0.281. The van der Waals surface area contributed by atoms with E-state index in [0.717, 1.165) is 30.2 Å². The average molecular weight is 457 g/mol. The number of alkyl carbamates (subject to hydrolysis) is 1. The van der Waals surface area contributed by atoms with E-state index in [4.69, 9.17) is 9.47 Å². The number of halogens is 3. The van der Waals surface area contributed by atoms with E-state index >= 15 is 0 Å². The summed E-state index contributed by atoms with van der Waals surface area (Å²) in [6.45, 7) is 1.86. The molecule has 7 nitrogen and oxygen atoms in total. The third-order valence-electron chi connectivity index (χ3n) is 5.56. The van der Waals surface area contributed by atoms with Crippen LogP contribution < -0.4 is 15.4 Å². The standard InChI is InChI=1S/C20H22F3N3O4S/c1-9(10-3-4-10)29-19(28)25-11-5-12(6-11)30-15-7-14(20(21,22)23)17-16(26-15)13(8-31-17)18(27)24-2/h7-12H,3-6H2,1-2H3,(H,24,27)(H,25,28)/t9-,11?,12?/m1/s1. The summed E-state index contributed by atoms with van der Waals surface area (Å²) < 4.78 is 51.5. The van der Waals surface area contributed by atoms with Crippen LogP contribution >= 0.6 is 11.3 Å². The number of fused-ring (bicyclic) bond motifs is 1. The Morgan fingerprint density at radius 3 is 2.61 bits per heavy atom. The maximum atomic E-state index is 13.6. The van der Waals surface area contributed by atoms with E-state index < -0.39 is 23.7 Å². The highest BCUT2D eigenvalue weighted by molar-refractivity contribution is 7.17. The Morgan fingerprint density at radius 2 is 2.00 bits per heavy atom. The molecule has 0 aromatic carbocycles. The van der Waals surface area contributed by atoms with Crippen molar-refractivity contribution >= 4 is 33.6 Å². The van der Waals surface area contributed by atoms with Gasteiger partial charge in [0.1, 0.15) is 12.2 Å². The van der Waals surface area contributed by atoms with Crippen LogP contribution in [0.25, 0.3) is 10.2 Å². The fraction of sp³-hybridized carbons (Fsp3) is 0.550. The van der Waals surface area contributed by atoms with E-state index in [1.54, 1.807) is 0 Å². The number of thiophene rings is 1. The van der Waals surface area contributed by atoms with Gasteiger partial charge in [-0.3, -0.25) is 4.79 Å². The van der Waals surface area contributed by atoms with E-state index in [1.807, 2.05) is 6.92 Å². The Bertz CT molecular complexity index is 999. The van der Waals surface area contributed by atoms with Gasteiger partial charge in [-0.25, -0.2) is 9.78 Å². The largest absolute Gasteiger partial charge is 0.474 e. The van der Waals surface area contributed by atoms with Crippen LogP contribution in [0.3, 0.4) is 0 Å². The van der Waals surface area contributed by atoms with Crippen molar-refractivity contribution in [3.05, 3.63) is 22.6 Å². The van der Waals surface area contributed by atoms with E-state index in [2.05, 4.69) is 15.6 Å². The number of carbonyl (C=O) groups is 2. The Kier molecular flexibility index (Phi) is 5.71. The molecular formula is C20H22F3N3O4S. The zero-order valence-electron chi connectivity index (χ0n) is 16.9. The van der Waals surface area contributed by atoms with Crippen LogP contribution in [0.5, 0.6) is 5.88 Å². The second-order valence-corrected chi connectivity index (χ2v) is 8.79. The summed E-state index contributed by atoms with van der Waals surface area (Å²) in [6, 6.07) is 0.691. The summed E-state index contributed by atoms with van der Waals surface area (Å²) in [6.07, 6.45) is -2.62. The highest BCUT2D eigenvalue weighted by Crippen LogP contribution is 2.41. The second-order valence-electron chi connectivity index (χ2n) is 7.91. The number of carbonyl (C=O) groups excluding carboxylic acids is 2. The number of nitrogens with one attached hydrogen (secondary N) is 2. The van der Waals surface area contributed by atoms with Crippen LogP contribution in [-0.2, 0) is 10.9 Å². The van der Waals surface area contributed by atoms with Crippen molar-refractivity contribution in [2.75, 3.05) is 7.05 Å². The van der Waals surface area contributed by atoms with Crippen LogP contribution in [0.15, 0.2) is 11.4 Å². The third-order valence-corrected chi connectivity index (χ3v) is 6.56. The average Bonchev–Trinajstić information content (AvgIpc) is 3.44. The van der Waals surface area contributed by atoms with Crippen molar-refractivity contribution in [2.45, 2.75) is 57.0 Å². The molecule has 2 aromatic rings. The zero-order valence-corrected chi connectivity index (χ0v) is 17.7. The maximum absolute atomic E-state index is 13.6. The molecule has 2 aromatic heterocycles. The predicted molar refractivity (Wildman–Crippen MR) is 107 cm³/mol. The first-order valence-electron chi connectivity index (χ1n) is 10.0. The minimum Gasteiger partial charge on any atom is -0.474 e. The van der Waals surface area contributed by atoms with Crippen molar-refractivity contribution in [2.24, 2.45) is 5.92 Å². The number of alkyl halides is 3. The van der Waals surface area contributed by atoms with Gasteiger partial charge in [-0.05, 0) is 25.7 Å². The molecule has 2 N–H and O–H groups in total. The summed E-state index contributed by atoms with van der Waals surface area (Å²) in [4.78, 5) is 28.1.